The van der Waals surface area contributed by atoms with E-state index in [2.05, 4.69) is 44.2 Å². The van der Waals surface area contributed by atoms with Gasteiger partial charge >= 0.3 is 57.4 Å². The van der Waals surface area contributed by atoms with E-state index in [4.69, 9.17) is 14.6 Å². The zero-order valence-electron chi connectivity index (χ0n) is 17.8. The Morgan fingerprint density at radius 1 is 1.18 bits per heavy atom. The number of benzene rings is 1. The minimum Gasteiger partial charge on any atom is -0.550 e. The van der Waals surface area contributed by atoms with E-state index in [9.17, 15) is 4.79 Å². The first-order valence-corrected chi connectivity index (χ1v) is 10.5. The summed E-state index contributed by atoms with van der Waals surface area (Å²) in [5.41, 5.74) is 1.71. The quantitative estimate of drug-likeness (QED) is 0.296. The Kier molecular flexibility index (Phi) is 15.6. The predicted octanol–water partition coefficient (Wildman–Crippen LogP) is 1.47. The molecule has 0 saturated heterocycles. The molecule has 150 valence electrons. The molecule has 0 unspecified atom stereocenters. The number of carbonyl (C=O) groups excluding carboxylic acids is 2. The van der Waals surface area contributed by atoms with E-state index in [0.29, 0.717) is 17.8 Å². The van der Waals surface area contributed by atoms with Gasteiger partial charge in [-0.15, -0.1) is 11.8 Å². The Bertz CT molecular complexity index is 616. The fraction of sp³-hybridized carbons (Fsp3) is 0.545. The molecule has 0 spiro atoms. The van der Waals surface area contributed by atoms with Gasteiger partial charge in [-0.1, -0.05) is 51.3 Å². The number of carboxylic acid groups (broad SMARTS) is 1. The average molecular weight is 431 g/mol. The maximum absolute atomic E-state index is 12.4. The molecule has 4 nitrogen and oxygen atoms in total. The molecule has 0 atom stereocenters. The number of ether oxygens (including phenoxy) is 1. The van der Waals surface area contributed by atoms with Gasteiger partial charge in [0.25, 0.3) is 0 Å². The summed E-state index contributed by atoms with van der Waals surface area (Å²) in [5.74, 6) is -0.768. The van der Waals surface area contributed by atoms with E-state index in [1.54, 1.807) is 0 Å². The first-order chi connectivity index (χ1) is 12.8. The normalized spacial score (nSPS) is 14.5. The number of carboxylic acids is 1. The van der Waals surface area contributed by atoms with Crippen LogP contribution in [0.5, 0.6) is 0 Å². The first-order valence-electron chi connectivity index (χ1n) is 9.67. The Labute approximate surface area is 216 Å². The minimum atomic E-state index is -1.08. The van der Waals surface area contributed by atoms with Crippen LogP contribution in [0.15, 0.2) is 35.2 Å². The molecule has 1 aliphatic rings. The summed E-state index contributed by atoms with van der Waals surface area (Å²) >= 11 is 1.84. The zero-order valence-corrected chi connectivity index (χ0v) is 21.8. The molecule has 0 bridgehead atoms. The number of allylic oxidation sites excluding steroid dienone is 1. The van der Waals surface area contributed by atoms with Crippen LogP contribution in [0.25, 0.3) is 5.57 Å². The van der Waals surface area contributed by atoms with Crippen LogP contribution in [0.2, 0.25) is 0 Å². The molecular formula is C22H31KO4S. The second-order valence-corrected chi connectivity index (χ2v) is 8.53. The monoisotopic (exact) mass is 430 g/mol. The number of esters is 1. The number of aliphatic carboxylic acids is 1. The van der Waals surface area contributed by atoms with E-state index in [0.717, 1.165) is 18.1 Å². The van der Waals surface area contributed by atoms with Gasteiger partial charge in [0.15, 0.2) is 0 Å². The second-order valence-electron chi connectivity index (χ2n) is 6.88. The number of hydrogen-bond donors (Lipinski definition) is 0. The number of thioether (sulfide) groups is 1. The topological polar surface area (TPSA) is 66.4 Å². The third kappa shape index (κ3) is 11.8. The predicted molar refractivity (Wildman–Crippen MR) is 109 cm³/mol. The van der Waals surface area contributed by atoms with Crippen LogP contribution in [-0.2, 0) is 14.3 Å². The fourth-order valence-corrected chi connectivity index (χ4v) is 3.85. The number of carbonyl (C=O) groups is 2. The average Bonchev–Trinajstić information content (AvgIpc) is 2.61. The molecule has 1 aromatic carbocycles. The third-order valence-electron chi connectivity index (χ3n) is 4.08. The van der Waals surface area contributed by atoms with Crippen molar-refractivity contribution in [3.63, 3.8) is 0 Å². The molecule has 1 fully saturated rings. The molecule has 1 saturated carbocycles. The third-order valence-corrected chi connectivity index (χ3v) is 5.10. The van der Waals surface area contributed by atoms with Gasteiger partial charge in [-0.05, 0) is 50.3 Å². The van der Waals surface area contributed by atoms with E-state index in [1.807, 2.05) is 18.7 Å². The van der Waals surface area contributed by atoms with Crippen LogP contribution < -0.4 is 56.5 Å². The molecule has 2 rings (SSSR count). The van der Waals surface area contributed by atoms with Gasteiger partial charge in [0.1, 0.15) is 0 Å². The van der Waals surface area contributed by atoms with Crippen LogP contribution in [0, 0.1) is 5.92 Å². The minimum absolute atomic E-state index is 0. The molecule has 1 aromatic rings. The van der Waals surface area contributed by atoms with Crippen LogP contribution >= 0.6 is 11.8 Å². The van der Waals surface area contributed by atoms with Gasteiger partial charge in [-0.25, -0.2) is 4.79 Å². The Balaban J connectivity index is 0.00000133. The number of hydrogen-bond acceptors (Lipinski definition) is 5. The van der Waals surface area contributed by atoms with E-state index in [1.165, 1.54) is 37.0 Å². The van der Waals surface area contributed by atoms with Crippen molar-refractivity contribution in [3.8, 4) is 0 Å². The fourth-order valence-electron chi connectivity index (χ4n) is 3.01. The molecule has 0 amide bonds. The maximum Gasteiger partial charge on any atom is 1.00 e. The van der Waals surface area contributed by atoms with Crippen LogP contribution in [0.1, 0.15) is 65.4 Å². The van der Waals surface area contributed by atoms with Gasteiger partial charge in [-0.2, -0.15) is 0 Å². The Hall–Kier alpha value is -0.114. The van der Waals surface area contributed by atoms with Gasteiger partial charge in [0.05, 0.1) is 12.2 Å². The van der Waals surface area contributed by atoms with Crippen LogP contribution in [0.4, 0.5) is 0 Å². The van der Waals surface area contributed by atoms with Crippen molar-refractivity contribution in [2.45, 2.75) is 69.9 Å². The maximum atomic E-state index is 12.4. The summed E-state index contributed by atoms with van der Waals surface area (Å²) in [4.78, 5) is 22.5. The van der Waals surface area contributed by atoms with Gasteiger partial charge in [0.2, 0.25) is 0 Å². The summed E-state index contributed by atoms with van der Waals surface area (Å²) in [6.45, 7) is 7.62. The summed E-state index contributed by atoms with van der Waals surface area (Å²) in [6, 6.07) is 8.31. The van der Waals surface area contributed by atoms with E-state index in [-0.39, 0.29) is 57.4 Å². The van der Waals surface area contributed by atoms with Crippen molar-refractivity contribution in [2.75, 3.05) is 6.61 Å². The second kappa shape index (κ2) is 15.7. The van der Waals surface area contributed by atoms with Crippen LogP contribution in [-0.4, -0.2) is 23.8 Å². The molecule has 0 radical (unpaired) electrons. The van der Waals surface area contributed by atoms with Crippen molar-refractivity contribution >= 4 is 29.3 Å². The molecule has 1 aliphatic carbocycles. The van der Waals surface area contributed by atoms with Gasteiger partial charge < -0.3 is 14.6 Å². The van der Waals surface area contributed by atoms with Gasteiger partial charge in [-0.3, -0.25) is 0 Å². The van der Waals surface area contributed by atoms with E-state index >= 15 is 0 Å². The Morgan fingerprint density at radius 3 is 2.18 bits per heavy atom. The summed E-state index contributed by atoms with van der Waals surface area (Å²) in [5, 5.41) is 9.45. The van der Waals surface area contributed by atoms with Crippen LogP contribution in [0.3, 0.4) is 0 Å². The molecule has 0 aromatic heterocycles. The van der Waals surface area contributed by atoms with Crippen molar-refractivity contribution in [3.05, 3.63) is 35.9 Å². The van der Waals surface area contributed by atoms with Gasteiger partial charge in [0, 0.05) is 16.1 Å². The van der Waals surface area contributed by atoms with Crippen molar-refractivity contribution in [1.29, 1.82) is 0 Å². The molecule has 0 aliphatic heterocycles. The Morgan fingerprint density at radius 2 is 1.71 bits per heavy atom. The smallest absolute Gasteiger partial charge is 0.550 e. The zero-order chi connectivity index (χ0) is 20.2. The largest absolute Gasteiger partial charge is 1.00 e. The SMILES string of the molecule is CC(=O)[O-].CCOC(=O)/C(=C/C1CCCCC1)c1ccc(SC(C)C)cc1.[K+]. The van der Waals surface area contributed by atoms with Crippen molar-refractivity contribution in [2.24, 2.45) is 5.92 Å². The van der Waals surface area contributed by atoms with Crippen molar-refractivity contribution < 1.29 is 70.8 Å². The standard InChI is InChI=1S/C20H28O2S.C2H4O2.K/c1-4-22-20(21)19(14-16-8-6-5-7-9-16)17-10-12-18(13-11-17)23-15(2)3;1-2(3)4;/h10-16H,4-9H2,1-3H3;1H3,(H,3,4);/q;;+1/p-1/b19-14+;;. The van der Waals surface area contributed by atoms with E-state index < -0.39 is 5.97 Å². The number of rotatable bonds is 6. The molecule has 0 N–H and O–H groups in total. The molecule has 0 heterocycles. The first kappa shape index (κ1) is 27.9. The summed E-state index contributed by atoms with van der Waals surface area (Å²) in [6.07, 6.45) is 8.37. The summed E-state index contributed by atoms with van der Waals surface area (Å²) < 4.78 is 5.28. The van der Waals surface area contributed by atoms with Crippen molar-refractivity contribution in [1.82, 2.24) is 0 Å². The molecule has 6 heteroatoms. The molecule has 28 heavy (non-hydrogen) atoms. The molecular weight excluding hydrogens is 399 g/mol. The summed E-state index contributed by atoms with van der Waals surface area (Å²) in [7, 11) is 0.